The van der Waals surface area contributed by atoms with Crippen LogP contribution in [0.15, 0.2) is 12.3 Å². The van der Waals surface area contributed by atoms with E-state index in [1.165, 1.54) is 19.8 Å². The van der Waals surface area contributed by atoms with Crippen LogP contribution in [0.4, 0.5) is 5.82 Å². The van der Waals surface area contributed by atoms with E-state index in [-0.39, 0.29) is 5.91 Å². The third kappa shape index (κ3) is 5.85. The van der Waals surface area contributed by atoms with Gasteiger partial charge in [0.15, 0.2) is 0 Å². The SMILES string of the molecule is CCCCCCOc1nccc(NC(C)=O)n1. The first-order valence-electron chi connectivity index (χ1n) is 5.96. The van der Waals surface area contributed by atoms with Crippen LogP contribution in [0.3, 0.4) is 0 Å². The van der Waals surface area contributed by atoms with Gasteiger partial charge in [0.2, 0.25) is 5.91 Å². The first-order valence-corrected chi connectivity index (χ1v) is 5.96. The summed E-state index contributed by atoms with van der Waals surface area (Å²) in [5, 5.41) is 2.59. The number of nitrogens with zero attached hydrogens (tertiary/aromatic N) is 2. The van der Waals surface area contributed by atoms with E-state index in [0.717, 1.165) is 12.8 Å². The second-order valence-electron chi connectivity index (χ2n) is 3.81. The molecule has 0 aliphatic rings. The quantitative estimate of drug-likeness (QED) is 0.739. The average molecular weight is 237 g/mol. The molecule has 1 amide bonds. The molecule has 0 unspecified atom stereocenters. The summed E-state index contributed by atoms with van der Waals surface area (Å²) in [4.78, 5) is 18.9. The third-order valence-corrected chi connectivity index (χ3v) is 2.17. The highest BCUT2D eigenvalue weighted by Gasteiger charge is 2.01. The summed E-state index contributed by atoms with van der Waals surface area (Å²) >= 11 is 0. The number of aromatic nitrogens is 2. The fourth-order valence-electron chi connectivity index (χ4n) is 1.35. The fraction of sp³-hybridized carbons (Fsp3) is 0.583. The van der Waals surface area contributed by atoms with E-state index in [1.807, 2.05) is 0 Å². The maximum absolute atomic E-state index is 10.8. The lowest BCUT2D eigenvalue weighted by molar-refractivity contribution is -0.114. The Morgan fingerprint density at radius 3 is 2.94 bits per heavy atom. The molecular formula is C12H19N3O2. The number of hydrogen-bond acceptors (Lipinski definition) is 4. The lowest BCUT2D eigenvalue weighted by Gasteiger charge is -2.05. The molecular weight excluding hydrogens is 218 g/mol. The number of rotatable bonds is 7. The Kier molecular flexibility index (Phi) is 5.99. The van der Waals surface area contributed by atoms with Crippen LogP contribution in [0, 0.1) is 0 Å². The van der Waals surface area contributed by atoms with E-state index >= 15 is 0 Å². The molecule has 0 bridgehead atoms. The van der Waals surface area contributed by atoms with Crippen molar-refractivity contribution in [3.63, 3.8) is 0 Å². The van der Waals surface area contributed by atoms with Crippen molar-refractivity contribution in [2.45, 2.75) is 39.5 Å². The molecule has 0 aromatic carbocycles. The van der Waals surface area contributed by atoms with Gasteiger partial charge in [-0.1, -0.05) is 26.2 Å². The van der Waals surface area contributed by atoms with Crippen LogP contribution in [-0.2, 0) is 4.79 Å². The Balaban J connectivity index is 2.35. The van der Waals surface area contributed by atoms with Crippen LogP contribution in [0.2, 0.25) is 0 Å². The van der Waals surface area contributed by atoms with Crippen LogP contribution >= 0.6 is 0 Å². The number of amides is 1. The average Bonchev–Trinajstić information content (AvgIpc) is 2.28. The summed E-state index contributed by atoms with van der Waals surface area (Å²) in [6.07, 6.45) is 6.15. The highest BCUT2D eigenvalue weighted by molar-refractivity contribution is 5.87. The maximum Gasteiger partial charge on any atom is 0.318 e. The van der Waals surface area contributed by atoms with Crippen molar-refractivity contribution in [1.29, 1.82) is 0 Å². The number of anilines is 1. The molecule has 94 valence electrons. The van der Waals surface area contributed by atoms with Gasteiger partial charge in [-0.3, -0.25) is 4.79 Å². The van der Waals surface area contributed by atoms with Crippen molar-refractivity contribution >= 4 is 11.7 Å². The maximum atomic E-state index is 10.8. The van der Waals surface area contributed by atoms with Gasteiger partial charge in [0.1, 0.15) is 5.82 Å². The number of carbonyl (C=O) groups is 1. The molecule has 0 saturated carbocycles. The molecule has 1 N–H and O–H groups in total. The predicted octanol–water partition coefficient (Wildman–Crippen LogP) is 2.39. The summed E-state index contributed by atoms with van der Waals surface area (Å²) < 4.78 is 5.40. The van der Waals surface area contributed by atoms with Gasteiger partial charge < -0.3 is 10.1 Å². The Labute approximate surface area is 102 Å². The zero-order valence-corrected chi connectivity index (χ0v) is 10.4. The first-order chi connectivity index (χ1) is 8.22. The Morgan fingerprint density at radius 2 is 2.24 bits per heavy atom. The normalized spacial score (nSPS) is 10.0. The van der Waals surface area contributed by atoms with E-state index < -0.39 is 0 Å². The number of carbonyl (C=O) groups excluding carboxylic acids is 1. The minimum Gasteiger partial charge on any atom is -0.463 e. The van der Waals surface area contributed by atoms with Gasteiger partial charge in [-0.2, -0.15) is 4.98 Å². The van der Waals surface area contributed by atoms with Gasteiger partial charge in [-0.25, -0.2) is 4.98 Å². The summed E-state index contributed by atoms with van der Waals surface area (Å²) in [7, 11) is 0. The topological polar surface area (TPSA) is 64.1 Å². The first kappa shape index (κ1) is 13.4. The monoisotopic (exact) mass is 237 g/mol. The minimum atomic E-state index is -0.155. The van der Waals surface area contributed by atoms with Crippen molar-refractivity contribution in [2.75, 3.05) is 11.9 Å². The minimum absolute atomic E-state index is 0.155. The van der Waals surface area contributed by atoms with Crippen LogP contribution in [0.1, 0.15) is 39.5 Å². The van der Waals surface area contributed by atoms with Crippen LogP contribution < -0.4 is 10.1 Å². The zero-order valence-electron chi connectivity index (χ0n) is 10.4. The third-order valence-electron chi connectivity index (χ3n) is 2.17. The van der Waals surface area contributed by atoms with Gasteiger partial charge in [-0.15, -0.1) is 0 Å². The van der Waals surface area contributed by atoms with Crippen molar-refractivity contribution in [3.05, 3.63) is 12.3 Å². The van der Waals surface area contributed by atoms with E-state index in [2.05, 4.69) is 22.2 Å². The molecule has 0 radical (unpaired) electrons. The Morgan fingerprint density at radius 1 is 1.41 bits per heavy atom. The summed E-state index contributed by atoms with van der Waals surface area (Å²) in [6.45, 7) is 4.22. The molecule has 17 heavy (non-hydrogen) atoms. The molecule has 5 heteroatoms. The molecule has 0 fully saturated rings. The lowest BCUT2D eigenvalue weighted by Crippen LogP contribution is -2.09. The van der Waals surface area contributed by atoms with E-state index in [9.17, 15) is 4.79 Å². The molecule has 0 atom stereocenters. The molecule has 0 saturated heterocycles. The standard InChI is InChI=1S/C12H19N3O2/c1-3-4-5-6-9-17-12-13-8-7-11(15-12)14-10(2)16/h7-8H,3-6,9H2,1-2H3,(H,13,14,15,16). The number of hydrogen-bond donors (Lipinski definition) is 1. The van der Waals surface area contributed by atoms with Crippen LogP contribution in [-0.4, -0.2) is 22.5 Å². The Bertz CT molecular complexity index is 355. The van der Waals surface area contributed by atoms with E-state index in [0.29, 0.717) is 18.4 Å². The summed E-state index contributed by atoms with van der Waals surface area (Å²) in [6, 6.07) is 1.94. The molecule has 1 rings (SSSR count). The van der Waals surface area contributed by atoms with Gasteiger partial charge in [-0.05, 0) is 12.5 Å². The zero-order chi connectivity index (χ0) is 12.5. The van der Waals surface area contributed by atoms with Crippen molar-refractivity contribution in [2.24, 2.45) is 0 Å². The molecule has 1 aromatic rings. The van der Waals surface area contributed by atoms with E-state index in [1.54, 1.807) is 12.3 Å². The lowest BCUT2D eigenvalue weighted by atomic mass is 10.2. The van der Waals surface area contributed by atoms with E-state index in [4.69, 9.17) is 4.74 Å². The largest absolute Gasteiger partial charge is 0.463 e. The van der Waals surface area contributed by atoms with Gasteiger partial charge in [0.25, 0.3) is 0 Å². The van der Waals surface area contributed by atoms with Crippen molar-refractivity contribution in [3.8, 4) is 6.01 Å². The van der Waals surface area contributed by atoms with Crippen LogP contribution in [0.25, 0.3) is 0 Å². The second-order valence-corrected chi connectivity index (χ2v) is 3.81. The van der Waals surface area contributed by atoms with Gasteiger partial charge in [0, 0.05) is 13.1 Å². The van der Waals surface area contributed by atoms with Gasteiger partial charge in [0.05, 0.1) is 6.61 Å². The molecule has 5 nitrogen and oxygen atoms in total. The fourth-order valence-corrected chi connectivity index (χ4v) is 1.35. The van der Waals surface area contributed by atoms with Crippen LogP contribution in [0.5, 0.6) is 6.01 Å². The highest BCUT2D eigenvalue weighted by atomic mass is 16.5. The summed E-state index contributed by atoms with van der Waals surface area (Å²) in [5.74, 6) is 0.314. The second kappa shape index (κ2) is 7.60. The van der Waals surface area contributed by atoms with Crippen molar-refractivity contribution in [1.82, 2.24) is 9.97 Å². The van der Waals surface area contributed by atoms with Gasteiger partial charge >= 0.3 is 6.01 Å². The number of unbranched alkanes of at least 4 members (excludes halogenated alkanes) is 3. The highest BCUT2D eigenvalue weighted by Crippen LogP contribution is 2.08. The van der Waals surface area contributed by atoms with Crippen molar-refractivity contribution < 1.29 is 9.53 Å². The molecule has 0 aliphatic heterocycles. The molecule has 0 spiro atoms. The molecule has 1 heterocycles. The molecule has 0 aliphatic carbocycles. The number of ether oxygens (including phenoxy) is 1. The summed E-state index contributed by atoms with van der Waals surface area (Å²) in [5.41, 5.74) is 0. The predicted molar refractivity (Wildman–Crippen MR) is 66.0 cm³/mol. The Hall–Kier alpha value is -1.65. The number of nitrogens with one attached hydrogen (secondary N) is 1. The molecule has 1 aromatic heterocycles. The smallest absolute Gasteiger partial charge is 0.318 e.